The van der Waals surface area contributed by atoms with Crippen LogP contribution in [0.5, 0.6) is 5.75 Å². The SMILES string of the molecule is CN1CCOc2cc(C(=O)OCCc3ccc(NC(=O)C4CCC4)cc3)ccc21. The van der Waals surface area contributed by atoms with Gasteiger partial charge in [-0.15, -0.1) is 0 Å². The van der Waals surface area contributed by atoms with Gasteiger partial charge in [0.1, 0.15) is 12.4 Å². The summed E-state index contributed by atoms with van der Waals surface area (Å²) in [5.74, 6) is 0.642. The Morgan fingerprint density at radius 2 is 1.97 bits per heavy atom. The molecule has 6 nitrogen and oxygen atoms in total. The lowest BCUT2D eigenvalue weighted by molar-refractivity contribution is -0.122. The standard InChI is InChI=1S/C23H26N2O4/c1-25-12-14-28-21-15-18(7-10-20(21)25)23(27)29-13-11-16-5-8-19(9-6-16)24-22(26)17-3-2-4-17/h5-10,15,17H,2-4,11-14H2,1H3,(H,24,26). The molecule has 1 aliphatic heterocycles. The maximum Gasteiger partial charge on any atom is 0.338 e. The number of rotatable bonds is 6. The van der Waals surface area contributed by atoms with E-state index in [9.17, 15) is 9.59 Å². The first-order chi connectivity index (χ1) is 14.1. The molecule has 6 heteroatoms. The van der Waals surface area contributed by atoms with Gasteiger partial charge in [0.2, 0.25) is 5.91 Å². The Balaban J connectivity index is 1.26. The van der Waals surface area contributed by atoms with E-state index in [0.717, 1.165) is 42.7 Å². The van der Waals surface area contributed by atoms with Crippen LogP contribution in [-0.2, 0) is 16.0 Å². The number of nitrogens with zero attached hydrogens (tertiary/aromatic N) is 1. The molecule has 2 aromatic rings. The molecule has 1 saturated carbocycles. The molecule has 0 aromatic heterocycles. The van der Waals surface area contributed by atoms with Crippen molar-refractivity contribution in [3.63, 3.8) is 0 Å². The Kier molecular flexibility index (Phi) is 5.69. The molecule has 0 saturated heterocycles. The number of amides is 1. The third-order valence-electron chi connectivity index (χ3n) is 5.61. The zero-order valence-corrected chi connectivity index (χ0v) is 16.6. The summed E-state index contributed by atoms with van der Waals surface area (Å²) < 4.78 is 11.1. The molecular formula is C23H26N2O4. The predicted molar refractivity (Wildman–Crippen MR) is 112 cm³/mol. The number of hydrogen-bond acceptors (Lipinski definition) is 5. The van der Waals surface area contributed by atoms with Gasteiger partial charge in [0.15, 0.2) is 0 Å². The molecular weight excluding hydrogens is 368 g/mol. The topological polar surface area (TPSA) is 67.9 Å². The lowest BCUT2D eigenvalue weighted by Crippen LogP contribution is -2.28. The maximum atomic E-state index is 12.3. The van der Waals surface area contributed by atoms with E-state index in [1.165, 1.54) is 0 Å². The zero-order chi connectivity index (χ0) is 20.2. The fourth-order valence-corrected chi connectivity index (χ4v) is 3.50. The van der Waals surface area contributed by atoms with Crippen molar-refractivity contribution >= 4 is 23.3 Å². The average Bonchev–Trinajstić information content (AvgIpc) is 2.68. The molecule has 1 aliphatic carbocycles. The minimum atomic E-state index is -0.353. The summed E-state index contributed by atoms with van der Waals surface area (Å²) in [7, 11) is 2.00. The molecule has 1 heterocycles. The van der Waals surface area contributed by atoms with Crippen molar-refractivity contribution in [3.8, 4) is 5.75 Å². The Morgan fingerprint density at radius 1 is 1.17 bits per heavy atom. The highest BCUT2D eigenvalue weighted by Crippen LogP contribution is 2.31. The zero-order valence-electron chi connectivity index (χ0n) is 16.6. The van der Waals surface area contributed by atoms with Gasteiger partial charge in [-0.05, 0) is 48.7 Å². The minimum absolute atomic E-state index is 0.109. The highest BCUT2D eigenvalue weighted by atomic mass is 16.5. The second-order valence-electron chi connectivity index (χ2n) is 7.65. The lowest BCUT2D eigenvalue weighted by atomic mass is 9.85. The number of esters is 1. The fourth-order valence-electron chi connectivity index (χ4n) is 3.50. The number of carbonyl (C=O) groups is 2. The fraction of sp³-hybridized carbons (Fsp3) is 0.391. The van der Waals surface area contributed by atoms with E-state index < -0.39 is 0 Å². The van der Waals surface area contributed by atoms with Gasteiger partial charge in [-0.3, -0.25) is 4.79 Å². The van der Waals surface area contributed by atoms with Crippen molar-refractivity contribution in [2.24, 2.45) is 5.92 Å². The van der Waals surface area contributed by atoms with Gasteiger partial charge in [-0.1, -0.05) is 18.6 Å². The van der Waals surface area contributed by atoms with Crippen LogP contribution in [0.3, 0.4) is 0 Å². The van der Waals surface area contributed by atoms with Gasteiger partial charge in [0.25, 0.3) is 0 Å². The molecule has 0 atom stereocenters. The van der Waals surface area contributed by atoms with Crippen LogP contribution in [-0.4, -0.2) is 38.7 Å². The van der Waals surface area contributed by atoms with Gasteiger partial charge in [-0.25, -0.2) is 4.79 Å². The molecule has 29 heavy (non-hydrogen) atoms. The third-order valence-corrected chi connectivity index (χ3v) is 5.61. The molecule has 1 amide bonds. The highest BCUT2D eigenvalue weighted by molar-refractivity contribution is 5.93. The molecule has 0 spiro atoms. The summed E-state index contributed by atoms with van der Waals surface area (Å²) in [5.41, 5.74) is 3.34. The van der Waals surface area contributed by atoms with Crippen LogP contribution in [0.4, 0.5) is 11.4 Å². The van der Waals surface area contributed by atoms with E-state index >= 15 is 0 Å². The van der Waals surface area contributed by atoms with E-state index in [-0.39, 0.29) is 17.8 Å². The van der Waals surface area contributed by atoms with Gasteiger partial charge >= 0.3 is 5.97 Å². The van der Waals surface area contributed by atoms with E-state index in [4.69, 9.17) is 9.47 Å². The first-order valence-electron chi connectivity index (χ1n) is 10.1. The van der Waals surface area contributed by atoms with Crippen LogP contribution < -0.4 is 15.0 Å². The normalized spacial score (nSPS) is 15.7. The van der Waals surface area contributed by atoms with Crippen molar-refractivity contribution < 1.29 is 19.1 Å². The van der Waals surface area contributed by atoms with Gasteiger partial charge in [0.05, 0.1) is 24.4 Å². The van der Waals surface area contributed by atoms with Crippen LogP contribution in [0.25, 0.3) is 0 Å². The van der Waals surface area contributed by atoms with Crippen molar-refractivity contribution in [1.29, 1.82) is 0 Å². The average molecular weight is 394 g/mol. The number of ether oxygens (including phenoxy) is 2. The number of hydrogen-bond donors (Lipinski definition) is 1. The van der Waals surface area contributed by atoms with Crippen LogP contribution in [0.2, 0.25) is 0 Å². The summed E-state index contributed by atoms with van der Waals surface area (Å²) in [4.78, 5) is 26.4. The van der Waals surface area contributed by atoms with Crippen LogP contribution >= 0.6 is 0 Å². The van der Waals surface area contributed by atoms with E-state index in [1.807, 2.05) is 37.4 Å². The summed E-state index contributed by atoms with van der Waals surface area (Å²) in [6, 6.07) is 13.1. The third kappa shape index (κ3) is 4.53. The van der Waals surface area contributed by atoms with Crippen molar-refractivity contribution in [1.82, 2.24) is 0 Å². The quantitative estimate of drug-likeness (QED) is 0.758. The first-order valence-corrected chi connectivity index (χ1v) is 10.1. The van der Waals surface area contributed by atoms with Gasteiger partial charge < -0.3 is 19.7 Å². The molecule has 1 N–H and O–H groups in total. The Labute approximate surface area is 170 Å². The summed E-state index contributed by atoms with van der Waals surface area (Å²) in [6.45, 7) is 1.74. The number of fused-ring (bicyclic) bond motifs is 1. The molecule has 2 aliphatic rings. The Morgan fingerprint density at radius 3 is 2.69 bits per heavy atom. The van der Waals surface area contributed by atoms with Crippen LogP contribution in [0, 0.1) is 5.92 Å². The molecule has 2 aromatic carbocycles. The largest absolute Gasteiger partial charge is 0.490 e. The molecule has 4 rings (SSSR count). The predicted octanol–water partition coefficient (Wildman–Crippen LogP) is 3.65. The highest BCUT2D eigenvalue weighted by Gasteiger charge is 2.25. The number of benzene rings is 2. The van der Waals surface area contributed by atoms with Crippen molar-refractivity contribution in [2.45, 2.75) is 25.7 Å². The molecule has 152 valence electrons. The van der Waals surface area contributed by atoms with E-state index in [1.54, 1.807) is 12.1 Å². The van der Waals surface area contributed by atoms with Crippen LogP contribution in [0.15, 0.2) is 42.5 Å². The molecule has 1 fully saturated rings. The molecule has 0 unspecified atom stereocenters. The lowest BCUT2D eigenvalue weighted by Gasteiger charge is -2.27. The number of nitrogens with one attached hydrogen (secondary N) is 1. The van der Waals surface area contributed by atoms with Gasteiger partial charge in [0, 0.05) is 25.1 Å². The van der Waals surface area contributed by atoms with E-state index in [2.05, 4.69) is 10.2 Å². The monoisotopic (exact) mass is 394 g/mol. The Hall–Kier alpha value is -3.02. The number of likely N-dealkylation sites (N-methyl/N-ethyl adjacent to an activating group) is 1. The molecule has 0 bridgehead atoms. The number of carbonyl (C=O) groups excluding carboxylic acids is 2. The van der Waals surface area contributed by atoms with Crippen molar-refractivity contribution in [2.75, 3.05) is 37.0 Å². The second-order valence-corrected chi connectivity index (χ2v) is 7.65. The van der Waals surface area contributed by atoms with Crippen molar-refractivity contribution in [3.05, 3.63) is 53.6 Å². The second kappa shape index (κ2) is 8.55. The maximum absolute atomic E-state index is 12.3. The minimum Gasteiger partial charge on any atom is -0.490 e. The first kappa shape index (κ1) is 19.3. The summed E-state index contributed by atoms with van der Waals surface area (Å²) >= 11 is 0. The summed E-state index contributed by atoms with van der Waals surface area (Å²) in [6.07, 6.45) is 3.74. The van der Waals surface area contributed by atoms with E-state index in [0.29, 0.717) is 30.9 Å². The Bertz CT molecular complexity index is 890. The van der Waals surface area contributed by atoms with Crippen LogP contribution in [0.1, 0.15) is 35.2 Å². The van der Waals surface area contributed by atoms with Gasteiger partial charge in [-0.2, -0.15) is 0 Å². The molecule has 0 radical (unpaired) electrons. The summed E-state index contributed by atoms with van der Waals surface area (Å²) in [5, 5.41) is 2.96. The smallest absolute Gasteiger partial charge is 0.338 e. The number of anilines is 2.